The molecule has 1 aliphatic rings. The van der Waals surface area contributed by atoms with E-state index in [1.807, 2.05) is 13.0 Å². The average molecular weight is 408 g/mol. The predicted molar refractivity (Wildman–Crippen MR) is 105 cm³/mol. The molecule has 0 spiro atoms. The highest BCUT2D eigenvalue weighted by atomic mass is 35.5. The molecule has 0 bridgehead atoms. The molecule has 150 valence electrons. The van der Waals surface area contributed by atoms with E-state index in [1.165, 1.54) is 18.2 Å². The Hall–Kier alpha value is -2.42. The van der Waals surface area contributed by atoms with Crippen LogP contribution in [0.1, 0.15) is 29.8 Å². The summed E-state index contributed by atoms with van der Waals surface area (Å²) in [6, 6.07) is 5.57. The number of amides is 2. The summed E-state index contributed by atoms with van der Waals surface area (Å²) < 4.78 is 13.3. The normalized spacial score (nSPS) is 15.5. The molecular weight excluding hydrogens is 385 g/mol. The maximum Gasteiger partial charge on any atom is 0.319 e. The quantitative estimate of drug-likeness (QED) is 0.570. The Balaban J connectivity index is 1.66. The zero-order valence-electron chi connectivity index (χ0n) is 15.5. The summed E-state index contributed by atoms with van der Waals surface area (Å²) in [5, 5.41) is 14.9. The molecule has 9 heteroatoms. The third kappa shape index (κ3) is 4.70. The van der Waals surface area contributed by atoms with E-state index in [9.17, 15) is 9.18 Å². The average Bonchev–Trinajstić information content (AvgIpc) is 2.69. The van der Waals surface area contributed by atoms with Crippen molar-refractivity contribution in [2.45, 2.75) is 32.1 Å². The van der Waals surface area contributed by atoms with Crippen LogP contribution >= 0.6 is 11.6 Å². The minimum atomic E-state index is -0.799. The Bertz CT molecular complexity index is 866. The van der Waals surface area contributed by atoms with Gasteiger partial charge in [0.1, 0.15) is 17.8 Å². The van der Waals surface area contributed by atoms with Gasteiger partial charge in [-0.15, -0.1) is 0 Å². The number of halogens is 2. The molecule has 0 saturated carbocycles. The second kappa shape index (κ2) is 8.72. The molecule has 1 aromatic carbocycles. The molecule has 2 atom stereocenters. The van der Waals surface area contributed by atoms with Crippen molar-refractivity contribution in [3.05, 3.63) is 58.0 Å². The lowest BCUT2D eigenvalue weighted by Gasteiger charge is -2.30. The van der Waals surface area contributed by atoms with Gasteiger partial charge in [-0.2, -0.15) is 0 Å². The van der Waals surface area contributed by atoms with E-state index < -0.39 is 12.0 Å². The number of nitrogens with zero attached hydrogens (tertiary/aromatic N) is 2. The molecule has 28 heavy (non-hydrogen) atoms. The van der Waals surface area contributed by atoms with Crippen molar-refractivity contribution >= 4 is 23.4 Å². The molecule has 2 amide bonds. The minimum Gasteiger partial charge on any atom is -0.394 e. The lowest BCUT2D eigenvalue weighted by molar-refractivity contribution is 0.188. The van der Waals surface area contributed by atoms with Gasteiger partial charge in [0.25, 0.3) is 0 Å². The summed E-state index contributed by atoms with van der Waals surface area (Å²) in [4.78, 5) is 18.6. The zero-order valence-corrected chi connectivity index (χ0v) is 16.2. The first-order chi connectivity index (χ1) is 13.4. The lowest BCUT2D eigenvalue weighted by atomic mass is 10.0. The Kier molecular flexibility index (Phi) is 6.33. The van der Waals surface area contributed by atoms with Crippen LogP contribution in [0.5, 0.6) is 0 Å². The van der Waals surface area contributed by atoms with Crippen LogP contribution < -0.4 is 16.4 Å². The fourth-order valence-corrected chi connectivity index (χ4v) is 3.19. The van der Waals surface area contributed by atoms with Crippen LogP contribution in [0.2, 0.25) is 5.02 Å². The molecule has 0 aliphatic carbocycles. The molecule has 0 fully saturated rings. The van der Waals surface area contributed by atoms with Crippen LogP contribution in [0.3, 0.4) is 0 Å². The molecular formula is C19H23ClFN5O2. The number of carbonyl (C=O) groups excluding carboxylic acids is 1. The van der Waals surface area contributed by atoms with Crippen molar-refractivity contribution in [2.75, 3.05) is 18.5 Å². The van der Waals surface area contributed by atoms with E-state index in [0.717, 1.165) is 11.1 Å². The number of aromatic nitrogens is 1. The standard InChI is InChI=1S/C19H23ClFN5O2/c1-11(10-27)24-17-7-14-9-26(5-4-13(14)8-23-17)19(28)25-18(22)12-2-3-16(21)15(20)6-12/h2-3,6-8,11,18,27H,4-5,9-10,22H2,1H3,(H,23,24)(H,25,28)/t11-,18-/m0/s1. The van der Waals surface area contributed by atoms with E-state index in [1.54, 1.807) is 11.1 Å². The highest BCUT2D eigenvalue weighted by Gasteiger charge is 2.23. The van der Waals surface area contributed by atoms with Gasteiger partial charge < -0.3 is 26.4 Å². The lowest BCUT2D eigenvalue weighted by Crippen LogP contribution is -2.46. The molecule has 2 heterocycles. The largest absolute Gasteiger partial charge is 0.394 e. The van der Waals surface area contributed by atoms with Crippen molar-refractivity contribution in [1.29, 1.82) is 0 Å². The van der Waals surface area contributed by atoms with Crippen LogP contribution in [0, 0.1) is 5.82 Å². The Morgan fingerprint density at radius 3 is 2.93 bits per heavy atom. The number of aliphatic hydroxyl groups excluding tert-OH is 1. The maximum atomic E-state index is 13.3. The fourth-order valence-electron chi connectivity index (χ4n) is 3.00. The van der Waals surface area contributed by atoms with Crippen molar-refractivity contribution in [2.24, 2.45) is 5.73 Å². The number of rotatable bonds is 5. The number of fused-ring (bicyclic) bond motifs is 1. The fraction of sp³-hybridized carbons (Fsp3) is 0.368. The maximum absolute atomic E-state index is 13.3. The summed E-state index contributed by atoms with van der Waals surface area (Å²) in [7, 11) is 0. The van der Waals surface area contributed by atoms with E-state index in [-0.39, 0.29) is 23.7 Å². The van der Waals surface area contributed by atoms with E-state index in [0.29, 0.717) is 30.9 Å². The topological polar surface area (TPSA) is 104 Å². The summed E-state index contributed by atoms with van der Waals surface area (Å²) in [6.45, 7) is 2.81. The summed E-state index contributed by atoms with van der Waals surface area (Å²) in [5.41, 5.74) is 8.62. The van der Waals surface area contributed by atoms with Gasteiger partial charge >= 0.3 is 6.03 Å². The first kappa shape index (κ1) is 20.3. The Morgan fingerprint density at radius 2 is 2.21 bits per heavy atom. The molecule has 2 aromatic rings. The van der Waals surface area contributed by atoms with E-state index >= 15 is 0 Å². The van der Waals surface area contributed by atoms with Gasteiger partial charge in [0, 0.05) is 25.3 Å². The molecule has 1 aliphatic heterocycles. The van der Waals surface area contributed by atoms with E-state index in [2.05, 4.69) is 15.6 Å². The number of hydrogen-bond donors (Lipinski definition) is 4. The number of pyridine rings is 1. The van der Waals surface area contributed by atoms with Gasteiger partial charge in [-0.1, -0.05) is 17.7 Å². The molecule has 7 nitrogen and oxygen atoms in total. The first-order valence-electron chi connectivity index (χ1n) is 8.98. The molecule has 0 saturated heterocycles. The summed E-state index contributed by atoms with van der Waals surface area (Å²) in [6.07, 6.45) is 1.68. The number of nitrogens with one attached hydrogen (secondary N) is 2. The number of nitrogens with two attached hydrogens (primary N) is 1. The van der Waals surface area contributed by atoms with Crippen molar-refractivity contribution < 1.29 is 14.3 Å². The third-order valence-electron chi connectivity index (χ3n) is 4.63. The summed E-state index contributed by atoms with van der Waals surface area (Å²) in [5.74, 6) is 0.116. The highest BCUT2D eigenvalue weighted by molar-refractivity contribution is 6.30. The smallest absolute Gasteiger partial charge is 0.319 e. The van der Waals surface area contributed by atoms with Gasteiger partial charge in [-0.25, -0.2) is 14.2 Å². The van der Waals surface area contributed by atoms with E-state index in [4.69, 9.17) is 22.4 Å². The van der Waals surface area contributed by atoms with Gasteiger partial charge in [0.15, 0.2) is 0 Å². The van der Waals surface area contributed by atoms with Crippen LogP contribution in [-0.2, 0) is 13.0 Å². The molecule has 1 aromatic heterocycles. The van der Waals surface area contributed by atoms with Crippen LogP contribution in [0.4, 0.5) is 15.0 Å². The van der Waals surface area contributed by atoms with Crippen molar-refractivity contribution in [1.82, 2.24) is 15.2 Å². The van der Waals surface area contributed by atoms with Crippen molar-refractivity contribution in [3.63, 3.8) is 0 Å². The predicted octanol–water partition coefficient (Wildman–Crippen LogP) is 2.39. The third-order valence-corrected chi connectivity index (χ3v) is 4.92. The van der Waals surface area contributed by atoms with Crippen LogP contribution in [0.15, 0.2) is 30.5 Å². The van der Waals surface area contributed by atoms with Gasteiger partial charge in [-0.3, -0.25) is 0 Å². The molecule has 0 radical (unpaired) electrons. The van der Waals surface area contributed by atoms with Crippen molar-refractivity contribution in [3.8, 4) is 0 Å². The minimum absolute atomic E-state index is 0.00140. The van der Waals surface area contributed by atoms with Crippen LogP contribution in [0.25, 0.3) is 0 Å². The number of anilines is 1. The first-order valence-corrected chi connectivity index (χ1v) is 9.36. The van der Waals surface area contributed by atoms with Gasteiger partial charge in [0.2, 0.25) is 0 Å². The van der Waals surface area contributed by atoms with Gasteiger partial charge in [0.05, 0.1) is 11.6 Å². The SMILES string of the molecule is C[C@@H](CO)Nc1cc2c(cn1)CCN(C(=O)N[C@H](N)c1ccc(F)c(Cl)c1)C2. The zero-order chi connectivity index (χ0) is 20.3. The number of benzene rings is 1. The number of hydrogen-bond acceptors (Lipinski definition) is 5. The van der Waals surface area contributed by atoms with Gasteiger partial charge in [-0.05, 0) is 48.2 Å². The monoisotopic (exact) mass is 407 g/mol. The second-order valence-electron chi connectivity index (χ2n) is 6.84. The summed E-state index contributed by atoms with van der Waals surface area (Å²) >= 11 is 5.78. The number of aliphatic hydroxyl groups is 1. The highest BCUT2D eigenvalue weighted by Crippen LogP contribution is 2.22. The Labute approximate surface area is 167 Å². The Morgan fingerprint density at radius 1 is 1.43 bits per heavy atom. The second-order valence-corrected chi connectivity index (χ2v) is 7.25. The molecule has 5 N–H and O–H groups in total. The van der Waals surface area contributed by atoms with Crippen LogP contribution in [-0.4, -0.2) is 40.2 Å². The molecule has 0 unspecified atom stereocenters. The molecule has 3 rings (SSSR count). The number of urea groups is 1. The number of carbonyl (C=O) groups is 1.